The molecule has 0 saturated carbocycles. The molecule has 0 aliphatic rings. The van der Waals surface area contributed by atoms with Gasteiger partial charge in [0.15, 0.2) is 0 Å². The zero-order chi connectivity index (χ0) is 19.4. The monoisotopic (exact) mass is 364 g/mol. The number of rotatable bonds is 5. The lowest BCUT2D eigenvalue weighted by Gasteiger charge is -2.12. The molecule has 2 N–H and O–H groups in total. The number of hydrogen-bond acceptors (Lipinski definition) is 4. The first-order valence-electron chi connectivity index (χ1n) is 8.59. The van der Waals surface area contributed by atoms with Crippen molar-refractivity contribution in [3.8, 4) is 0 Å². The number of anilines is 2. The Hall–Kier alpha value is -3.48. The summed E-state index contributed by atoms with van der Waals surface area (Å²) in [5, 5.41) is 10.1. The van der Waals surface area contributed by atoms with Crippen LogP contribution < -0.4 is 16.1 Å². The number of carbonyl (C=O) groups is 2. The Kier molecular flexibility index (Phi) is 5.30. The molecule has 0 spiro atoms. The zero-order valence-electron chi connectivity index (χ0n) is 15.1. The first-order valence-corrected chi connectivity index (χ1v) is 8.59. The third-order valence-electron chi connectivity index (χ3n) is 3.99. The predicted molar refractivity (Wildman–Crippen MR) is 105 cm³/mol. The number of carbonyl (C=O) groups excluding carboxylic acids is 2. The van der Waals surface area contributed by atoms with E-state index in [9.17, 15) is 14.4 Å². The van der Waals surface area contributed by atoms with E-state index in [1.54, 1.807) is 48.5 Å². The molecule has 2 amide bonds. The zero-order valence-corrected chi connectivity index (χ0v) is 15.1. The van der Waals surface area contributed by atoms with Crippen LogP contribution in [0.1, 0.15) is 13.8 Å². The molecule has 138 valence electrons. The molecule has 1 heterocycles. The van der Waals surface area contributed by atoms with E-state index in [0.29, 0.717) is 22.3 Å². The van der Waals surface area contributed by atoms with Gasteiger partial charge in [0.25, 0.3) is 0 Å². The molecule has 0 radical (unpaired) electrons. The van der Waals surface area contributed by atoms with Crippen LogP contribution in [0.25, 0.3) is 10.9 Å². The SMILES string of the molecule is CC(C)C(=O)Nc1cccc(NC(=O)Cn2ncc(=O)c3ccccc32)c1. The molecular formula is C20H20N4O3. The van der Waals surface area contributed by atoms with Gasteiger partial charge in [0.05, 0.1) is 11.7 Å². The Bertz CT molecular complexity index is 1060. The van der Waals surface area contributed by atoms with E-state index < -0.39 is 0 Å². The molecule has 0 bridgehead atoms. The minimum Gasteiger partial charge on any atom is -0.326 e. The van der Waals surface area contributed by atoms with Gasteiger partial charge in [-0.05, 0) is 30.3 Å². The van der Waals surface area contributed by atoms with Gasteiger partial charge in [0, 0.05) is 22.7 Å². The van der Waals surface area contributed by atoms with Gasteiger partial charge in [-0.15, -0.1) is 0 Å². The Morgan fingerprint density at radius 1 is 1.04 bits per heavy atom. The summed E-state index contributed by atoms with van der Waals surface area (Å²) in [6, 6.07) is 13.9. The molecule has 0 aliphatic heterocycles. The average molecular weight is 364 g/mol. The maximum atomic E-state index is 12.4. The molecule has 0 atom stereocenters. The fourth-order valence-electron chi connectivity index (χ4n) is 2.58. The summed E-state index contributed by atoms with van der Waals surface area (Å²) in [7, 11) is 0. The third kappa shape index (κ3) is 4.38. The highest BCUT2D eigenvalue weighted by atomic mass is 16.2. The summed E-state index contributed by atoms with van der Waals surface area (Å²) in [6.45, 7) is 3.58. The summed E-state index contributed by atoms with van der Waals surface area (Å²) in [6.07, 6.45) is 1.21. The second-order valence-electron chi connectivity index (χ2n) is 6.46. The third-order valence-corrected chi connectivity index (χ3v) is 3.99. The number of nitrogens with zero attached hydrogens (tertiary/aromatic N) is 2. The van der Waals surface area contributed by atoms with Crippen molar-refractivity contribution in [1.29, 1.82) is 0 Å². The van der Waals surface area contributed by atoms with Crippen molar-refractivity contribution in [2.45, 2.75) is 20.4 Å². The lowest BCUT2D eigenvalue weighted by Crippen LogP contribution is -2.22. The minimum atomic E-state index is -0.288. The Morgan fingerprint density at radius 2 is 1.74 bits per heavy atom. The molecule has 2 aromatic carbocycles. The molecule has 27 heavy (non-hydrogen) atoms. The average Bonchev–Trinajstić information content (AvgIpc) is 2.64. The summed E-state index contributed by atoms with van der Waals surface area (Å²) in [5.74, 6) is -0.519. The van der Waals surface area contributed by atoms with Crippen molar-refractivity contribution in [3.05, 3.63) is 65.0 Å². The first-order chi connectivity index (χ1) is 12.9. The highest BCUT2D eigenvalue weighted by Gasteiger charge is 2.10. The van der Waals surface area contributed by atoms with E-state index in [2.05, 4.69) is 15.7 Å². The van der Waals surface area contributed by atoms with E-state index in [4.69, 9.17) is 0 Å². The normalized spacial score (nSPS) is 10.8. The number of fused-ring (bicyclic) bond motifs is 1. The van der Waals surface area contributed by atoms with Gasteiger partial charge in [0.2, 0.25) is 17.2 Å². The molecule has 0 aliphatic carbocycles. The van der Waals surface area contributed by atoms with E-state index in [0.717, 1.165) is 0 Å². The number of para-hydroxylation sites is 1. The van der Waals surface area contributed by atoms with Crippen molar-refractivity contribution >= 4 is 34.1 Å². The van der Waals surface area contributed by atoms with Crippen LogP contribution >= 0.6 is 0 Å². The topological polar surface area (TPSA) is 93.1 Å². The van der Waals surface area contributed by atoms with Gasteiger partial charge in [-0.25, -0.2) is 0 Å². The van der Waals surface area contributed by atoms with Crippen molar-refractivity contribution in [2.24, 2.45) is 5.92 Å². The standard InChI is InChI=1S/C20H20N4O3/c1-13(2)20(27)23-15-7-5-6-14(10-15)22-19(26)12-24-17-9-4-3-8-16(17)18(25)11-21-24/h3-11,13H,12H2,1-2H3,(H,22,26)(H,23,27). The summed E-state index contributed by atoms with van der Waals surface area (Å²) in [4.78, 5) is 36.1. The Balaban J connectivity index is 1.74. The van der Waals surface area contributed by atoms with Crippen molar-refractivity contribution in [3.63, 3.8) is 0 Å². The quantitative estimate of drug-likeness (QED) is 0.728. The first kappa shape index (κ1) is 18.3. The van der Waals surface area contributed by atoms with Crippen LogP contribution in [-0.2, 0) is 16.1 Å². The van der Waals surface area contributed by atoms with Crippen LogP contribution in [0.15, 0.2) is 59.5 Å². The van der Waals surface area contributed by atoms with E-state index >= 15 is 0 Å². The van der Waals surface area contributed by atoms with E-state index in [1.807, 2.05) is 13.8 Å². The molecule has 1 aromatic heterocycles. The fourth-order valence-corrected chi connectivity index (χ4v) is 2.58. The maximum absolute atomic E-state index is 12.4. The molecular weight excluding hydrogens is 344 g/mol. The number of amides is 2. The van der Waals surface area contributed by atoms with E-state index in [1.165, 1.54) is 10.9 Å². The second-order valence-corrected chi connectivity index (χ2v) is 6.46. The second kappa shape index (κ2) is 7.82. The van der Waals surface area contributed by atoms with Crippen LogP contribution in [0, 0.1) is 5.92 Å². The van der Waals surface area contributed by atoms with Crippen LogP contribution in [0.3, 0.4) is 0 Å². The van der Waals surface area contributed by atoms with Crippen LogP contribution in [0.2, 0.25) is 0 Å². The van der Waals surface area contributed by atoms with Gasteiger partial charge in [-0.2, -0.15) is 5.10 Å². The van der Waals surface area contributed by atoms with Crippen LogP contribution in [-0.4, -0.2) is 21.6 Å². The molecule has 7 heteroatoms. The maximum Gasteiger partial charge on any atom is 0.246 e. The highest BCUT2D eigenvalue weighted by Crippen LogP contribution is 2.16. The number of hydrogen-bond donors (Lipinski definition) is 2. The van der Waals surface area contributed by atoms with Gasteiger partial charge in [-0.3, -0.25) is 19.1 Å². The Morgan fingerprint density at radius 3 is 2.48 bits per heavy atom. The molecule has 0 fully saturated rings. The van der Waals surface area contributed by atoms with Crippen molar-refractivity contribution in [1.82, 2.24) is 9.78 Å². The largest absolute Gasteiger partial charge is 0.326 e. The molecule has 3 rings (SSSR count). The minimum absolute atomic E-state index is 0.0383. The Labute approximate surface area is 156 Å². The highest BCUT2D eigenvalue weighted by molar-refractivity contribution is 5.95. The predicted octanol–water partition coefficient (Wildman–Crippen LogP) is 2.63. The molecule has 7 nitrogen and oxygen atoms in total. The van der Waals surface area contributed by atoms with Gasteiger partial charge in [0.1, 0.15) is 6.54 Å². The number of aromatic nitrogens is 2. The molecule has 0 unspecified atom stereocenters. The van der Waals surface area contributed by atoms with E-state index in [-0.39, 0.29) is 29.7 Å². The number of nitrogens with one attached hydrogen (secondary N) is 2. The van der Waals surface area contributed by atoms with Gasteiger partial charge in [-0.1, -0.05) is 32.0 Å². The van der Waals surface area contributed by atoms with Crippen LogP contribution in [0.5, 0.6) is 0 Å². The lowest BCUT2D eigenvalue weighted by atomic mass is 10.2. The summed E-state index contributed by atoms with van der Waals surface area (Å²) < 4.78 is 1.48. The summed E-state index contributed by atoms with van der Waals surface area (Å²) in [5.41, 5.74) is 1.58. The smallest absolute Gasteiger partial charge is 0.246 e. The molecule has 0 saturated heterocycles. The van der Waals surface area contributed by atoms with Crippen molar-refractivity contribution < 1.29 is 9.59 Å². The summed E-state index contributed by atoms with van der Waals surface area (Å²) >= 11 is 0. The lowest BCUT2D eigenvalue weighted by molar-refractivity contribution is -0.119. The van der Waals surface area contributed by atoms with Crippen molar-refractivity contribution in [2.75, 3.05) is 10.6 Å². The van der Waals surface area contributed by atoms with Gasteiger partial charge >= 0.3 is 0 Å². The fraction of sp³-hybridized carbons (Fsp3) is 0.200. The number of benzene rings is 2. The molecule has 3 aromatic rings. The van der Waals surface area contributed by atoms with Crippen LogP contribution in [0.4, 0.5) is 11.4 Å². The van der Waals surface area contributed by atoms with Gasteiger partial charge < -0.3 is 10.6 Å².